The Morgan fingerprint density at radius 1 is 1.40 bits per heavy atom. The van der Waals surface area contributed by atoms with Gasteiger partial charge in [-0.25, -0.2) is 0 Å². The van der Waals surface area contributed by atoms with Crippen molar-refractivity contribution >= 4 is 11.4 Å². The van der Waals surface area contributed by atoms with Gasteiger partial charge in [0.15, 0.2) is 0 Å². The molecule has 3 N–H and O–H groups in total. The van der Waals surface area contributed by atoms with E-state index in [-0.39, 0.29) is 6.10 Å². The van der Waals surface area contributed by atoms with E-state index in [1.54, 1.807) is 0 Å². The number of ether oxygens (including phenoxy) is 1. The van der Waals surface area contributed by atoms with E-state index >= 15 is 0 Å². The van der Waals surface area contributed by atoms with Crippen LogP contribution in [0.3, 0.4) is 0 Å². The number of aryl methyl sites for hydroxylation is 1. The Morgan fingerprint density at radius 2 is 2.13 bits per heavy atom. The van der Waals surface area contributed by atoms with Gasteiger partial charge in [-0.1, -0.05) is 12.1 Å². The van der Waals surface area contributed by atoms with Crippen molar-refractivity contribution in [3.8, 4) is 0 Å². The number of benzene rings is 1. The van der Waals surface area contributed by atoms with Crippen LogP contribution in [0.4, 0.5) is 11.4 Å². The first-order valence-corrected chi connectivity index (χ1v) is 5.32. The lowest BCUT2D eigenvalue weighted by Crippen LogP contribution is -2.14. The second-order valence-corrected chi connectivity index (χ2v) is 3.88. The summed E-state index contributed by atoms with van der Waals surface area (Å²) < 4.78 is 5.43. The second kappa shape index (κ2) is 5.61. The lowest BCUT2D eigenvalue weighted by molar-refractivity contribution is 0.0870. The molecule has 0 unspecified atom stereocenters. The van der Waals surface area contributed by atoms with Gasteiger partial charge in [-0.3, -0.25) is 0 Å². The van der Waals surface area contributed by atoms with Gasteiger partial charge in [-0.05, 0) is 32.4 Å². The molecule has 0 saturated heterocycles. The fourth-order valence-corrected chi connectivity index (χ4v) is 1.32. The van der Waals surface area contributed by atoms with Crippen molar-refractivity contribution in [2.45, 2.75) is 26.9 Å². The Balaban J connectivity index is 2.41. The van der Waals surface area contributed by atoms with Crippen LogP contribution in [-0.4, -0.2) is 19.3 Å². The molecule has 0 radical (unpaired) electrons. The molecule has 1 aromatic rings. The van der Waals surface area contributed by atoms with Crippen LogP contribution in [0.1, 0.15) is 19.4 Å². The van der Waals surface area contributed by atoms with Gasteiger partial charge in [0, 0.05) is 6.54 Å². The number of anilines is 2. The molecule has 0 aliphatic carbocycles. The van der Waals surface area contributed by atoms with Crippen LogP contribution >= 0.6 is 0 Å². The number of nitrogens with two attached hydrogens (primary N) is 1. The SMILES string of the molecule is Cc1cccc(NCCOC(C)C)c1N. The van der Waals surface area contributed by atoms with Crippen LogP contribution < -0.4 is 11.1 Å². The summed E-state index contributed by atoms with van der Waals surface area (Å²) in [4.78, 5) is 0. The molecule has 0 aliphatic heterocycles. The van der Waals surface area contributed by atoms with E-state index in [4.69, 9.17) is 10.5 Å². The van der Waals surface area contributed by atoms with Gasteiger partial charge < -0.3 is 15.8 Å². The summed E-state index contributed by atoms with van der Waals surface area (Å²) in [5.74, 6) is 0. The van der Waals surface area contributed by atoms with Crippen molar-refractivity contribution in [2.24, 2.45) is 0 Å². The lowest BCUT2D eigenvalue weighted by Gasteiger charge is -2.12. The number of hydrogen-bond acceptors (Lipinski definition) is 3. The van der Waals surface area contributed by atoms with Crippen LogP contribution in [-0.2, 0) is 4.74 Å². The van der Waals surface area contributed by atoms with E-state index < -0.39 is 0 Å². The first-order chi connectivity index (χ1) is 7.11. The Kier molecular flexibility index (Phi) is 4.43. The van der Waals surface area contributed by atoms with Crippen molar-refractivity contribution in [1.29, 1.82) is 0 Å². The summed E-state index contributed by atoms with van der Waals surface area (Å²) in [7, 11) is 0. The van der Waals surface area contributed by atoms with E-state index in [1.165, 1.54) is 0 Å². The smallest absolute Gasteiger partial charge is 0.0642 e. The zero-order valence-corrected chi connectivity index (χ0v) is 9.71. The van der Waals surface area contributed by atoms with Crippen molar-refractivity contribution < 1.29 is 4.74 Å². The van der Waals surface area contributed by atoms with Gasteiger partial charge in [-0.2, -0.15) is 0 Å². The maximum atomic E-state index is 5.92. The predicted octanol–water partition coefficient (Wildman–Crippen LogP) is 2.41. The van der Waals surface area contributed by atoms with Gasteiger partial charge in [-0.15, -0.1) is 0 Å². The highest BCUT2D eigenvalue weighted by Crippen LogP contribution is 2.21. The highest BCUT2D eigenvalue weighted by Gasteiger charge is 2.00. The van der Waals surface area contributed by atoms with Crippen LogP contribution in [0, 0.1) is 6.92 Å². The largest absolute Gasteiger partial charge is 0.397 e. The first kappa shape index (κ1) is 11.9. The van der Waals surface area contributed by atoms with E-state index in [1.807, 2.05) is 39.0 Å². The predicted molar refractivity (Wildman–Crippen MR) is 65.2 cm³/mol. The Bertz CT molecular complexity index is 310. The third kappa shape index (κ3) is 3.80. The number of para-hydroxylation sites is 1. The molecule has 0 aromatic heterocycles. The van der Waals surface area contributed by atoms with Gasteiger partial charge in [0.1, 0.15) is 0 Å². The molecule has 3 heteroatoms. The van der Waals surface area contributed by atoms with E-state index in [9.17, 15) is 0 Å². The molecule has 1 rings (SSSR count). The summed E-state index contributed by atoms with van der Waals surface area (Å²) in [6.45, 7) is 7.55. The van der Waals surface area contributed by atoms with Crippen LogP contribution in [0.2, 0.25) is 0 Å². The molecular weight excluding hydrogens is 188 g/mol. The fraction of sp³-hybridized carbons (Fsp3) is 0.500. The normalized spacial score (nSPS) is 10.7. The molecule has 3 nitrogen and oxygen atoms in total. The first-order valence-electron chi connectivity index (χ1n) is 5.32. The summed E-state index contributed by atoms with van der Waals surface area (Å²) in [6.07, 6.45) is 0.279. The van der Waals surface area contributed by atoms with Gasteiger partial charge in [0.05, 0.1) is 24.1 Å². The van der Waals surface area contributed by atoms with E-state index in [0.29, 0.717) is 6.61 Å². The Hall–Kier alpha value is -1.22. The van der Waals surface area contributed by atoms with Gasteiger partial charge >= 0.3 is 0 Å². The number of hydrogen-bond donors (Lipinski definition) is 2. The number of nitrogen functional groups attached to an aromatic ring is 1. The quantitative estimate of drug-likeness (QED) is 0.577. The number of nitrogens with one attached hydrogen (secondary N) is 1. The maximum Gasteiger partial charge on any atom is 0.0642 e. The molecular formula is C12H20N2O. The monoisotopic (exact) mass is 208 g/mol. The zero-order chi connectivity index (χ0) is 11.3. The third-order valence-electron chi connectivity index (χ3n) is 2.19. The molecule has 0 aliphatic rings. The van der Waals surface area contributed by atoms with Crippen LogP contribution in [0.25, 0.3) is 0 Å². The molecule has 0 fully saturated rings. The minimum Gasteiger partial charge on any atom is -0.397 e. The minimum absolute atomic E-state index is 0.279. The fourth-order valence-electron chi connectivity index (χ4n) is 1.32. The molecule has 84 valence electrons. The van der Waals surface area contributed by atoms with Gasteiger partial charge in [0.25, 0.3) is 0 Å². The summed E-state index contributed by atoms with van der Waals surface area (Å²) in [5.41, 5.74) is 8.83. The number of rotatable bonds is 5. The van der Waals surface area contributed by atoms with Crippen molar-refractivity contribution in [2.75, 3.05) is 24.2 Å². The Morgan fingerprint density at radius 3 is 2.80 bits per heavy atom. The molecule has 0 bridgehead atoms. The highest BCUT2D eigenvalue weighted by molar-refractivity contribution is 5.69. The topological polar surface area (TPSA) is 47.3 Å². The average molecular weight is 208 g/mol. The van der Waals surface area contributed by atoms with Crippen molar-refractivity contribution in [3.05, 3.63) is 23.8 Å². The van der Waals surface area contributed by atoms with Crippen molar-refractivity contribution in [3.63, 3.8) is 0 Å². The standard InChI is InChI=1S/C12H20N2O/c1-9(2)15-8-7-14-11-6-4-5-10(3)12(11)13/h4-6,9,14H,7-8,13H2,1-3H3. The molecule has 0 spiro atoms. The molecule has 0 heterocycles. The van der Waals surface area contributed by atoms with Gasteiger partial charge in [0.2, 0.25) is 0 Å². The van der Waals surface area contributed by atoms with E-state index in [2.05, 4.69) is 5.32 Å². The van der Waals surface area contributed by atoms with Crippen molar-refractivity contribution in [1.82, 2.24) is 0 Å². The highest BCUT2D eigenvalue weighted by atomic mass is 16.5. The second-order valence-electron chi connectivity index (χ2n) is 3.88. The van der Waals surface area contributed by atoms with E-state index in [0.717, 1.165) is 23.5 Å². The lowest BCUT2D eigenvalue weighted by atomic mass is 10.2. The average Bonchev–Trinajstić information content (AvgIpc) is 2.18. The molecule has 0 atom stereocenters. The summed E-state index contributed by atoms with van der Waals surface area (Å²) in [5, 5.41) is 3.26. The third-order valence-corrected chi connectivity index (χ3v) is 2.19. The minimum atomic E-state index is 0.279. The summed E-state index contributed by atoms with van der Waals surface area (Å²) in [6, 6.07) is 5.99. The van der Waals surface area contributed by atoms with Crippen LogP contribution in [0.15, 0.2) is 18.2 Å². The zero-order valence-electron chi connectivity index (χ0n) is 9.71. The Labute approximate surface area is 91.6 Å². The molecule has 15 heavy (non-hydrogen) atoms. The maximum absolute atomic E-state index is 5.92. The molecule has 1 aromatic carbocycles. The van der Waals surface area contributed by atoms with Crippen LogP contribution in [0.5, 0.6) is 0 Å². The molecule has 0 amide bonds. The molecule has 0 saturated carbocycles. The summed E-state index contributed by atoms with van der Waals surface area (Å²) >= 11 is 0.